The van der Waals surface area contributed by atoms with E-state index in [9.17, 15) is 0 Å². The summed E-state index contributed by atoms with van der Waals surface area (Å²) < 4.78 is -1.39. The first-order chi connectivity index (χ1) is 2.56. The second kappa shape index (κ2) is 2.19. The van der Waals surface area contributed by atoms with Gasteiger partial charge in [0.2, 0.25) is 0 Å². The molecule has 0 atom stereocenters. The van der Waals surface area contributed by atoms with Crippen molar-refractivity contribution >= 4 is 34.8 Å². The van der Waals surface area contributed by atoms with E-state index < -0.39 is 3.92 Å². The van der Waals surface area contributed by atoms with Crippen LogP contribution in [0, 0.1) is 0 Å². The highest BCUT2D eigenvalue weighted by atomic mass is 35.6. The van der Waals surface area contributed by atoms with Crippen LogP contribution in [0.15, 0.2) is 0 Å². The SMILES string of the molecule is N[NH2+]C(Cl)(Cl)Cl. The lowest BCUT2D eigenvalue weighted by Crippen LogP contribution is -2.97. The third-order valence-corrected chi connectivity index (χ3v) is 0.567. The molecule has 0 rings (SSSR count). The van der Waals surface area contributed by atoms with Crippen LogP contribution < -0.4 is 11.3 Å². The summed E-state index contributed by atoms with van der Waals surface area (Å²) in [6, 6.07) is 0. The minimum absolute atomic E-state index is 0.984. The molecule has 5 heteroatoms. The molecule has 0 aromatic heterocycles. The molecule has 4 N–H and O–H groups in total. The van der Waals surface area contributed by atoms with Gasteiger partial charge >= 0.3 is 3.92 Å². The molecule has 2 nitrogen and oxygen atoms in total. The Morgan fingerprint density at radius 1 is 1.33 bits per heavy atom. The first-order valence-corrected chi connectivity index (χ1v) is 2.32. The minimum atomic E-state index is -1.39. The Morgan fingerprint density at radius 2 is 1.50 bits per heavy atom. The second-order valence-corrected chi connectivity index (χ2v) is 3.08. The molecular weight excluding hydrogens is 146 g/mol. The van der Waals surface area contributed by atoms with E-state index in [1.54, 1.807) is 0 Å². The monoisotopic (exact) mass is 149 g/mol. The normalized spacial score (nSPS) is 12.0. The first-order valence-electron chi connectivity index (χ1n) is 1.19. The maximum absolute atomic E-state index is 5.07. The smallest absolute Gasteiger partial charge is 0.227 e. The van der Waals surface area contributed by atoms with Gasteiger partial charge in [0, 0.05) is 0 Å². The van der Waals surface area contributed by atoms with Crippen LogP contribution >= 0.6 is 34.8 Å². The third kappa shape index (κ3) is 4.79. The van der Waals surface area contributed by atoms with Gasteiger partial charge in [-0.05, 0) is 34.8 Å². The minimum Gasteiger partial charge on any atom is -0.227 e. The predicted octanol–water partition coefficient (Wildman–Crippen LogP) is -0.249. The van der Waals surface area contributed by atoms with Gasteiger partial charge in [-0.1, -0.05) is 0 Å². The molecule has 38 valence electrons. The van der Waals surface area contributed by atoms with Crippen molar-refractivity contribution in [1.82, 2.24) is 0 Å². The molecule has 0 heterocycles. The molecule has 6 heavy (non-hydrogen) atoms. The van der Waals surface area contributed by atoms with Crippen molar-refractivity contribution in [3.05, 3.63) is 0 Å². The van der Waals surface area contributed by atoms with Gasteiger partial charge in [-0.25, -0.2) is 5.43 Å². The Hall–Kier alpha value is 0.790. The number of halogens is 3. The van der Waals surface area contributed by atoms with Crippen LogP contribution in [0.2, 0.25) is 0 Å². The van der Waals surface area contributed by atoms with Gasteiger partial charge in [0.05, 0.1) is 0 Å². The molecule has 0 amide bonds. The summed E-state index contributed by atoms with van der Waals surface area (Å²) in [5, 5.41) is 0. The quantitative estimate of drug-likeness (QED) is 0.213. The van der Waals surface area contributed by atoms with E-state index in [0.717, 1.165) is 5.43 Å². The van der Waals surface area contributed by atoms with Crippen molar-refractivity contribution in [2.45, 2.75) is 3.92 Å². The fourth-order valence-electron chi connectivity index (χ4n) is 0. The van der Waals surface area contributed by atoms with Crippen LogP contribution in [0.3, 0.4) is 0 Å². The lowest BCUT2D eigenvalue weighted by atomic mass is 11.4. The zero-order valence-electron chi connectivity index (χ0n) is 2.79. The van der Waals surface area contributed by atoms with Crippen molar-refractivity contribution in [1.29, 1.82) is 0 Å². The van der Waals surface area contributed by atoms with Crippen molar-refractivity contribution in [3.8, 4) is 0 Å². The molecule has 0 radical (unpaired) electrons. The Kier molecular flexibility index (Phi) is 2.48. The molecule has 0 bridgehead atoms. The van der Waals surface area contributed by atoms with Gasteiger partial charge in [-0.3, -0.25) is 0 Å². The van der Waals surface area contributed by atoms with Crippen LogP contribution in [0.1, 0.15) is 0 Å². The number of nitrogens with two attached hydrogens (primary N) is 2. The van der Waals surface area contributed by atoms with Gasteiger partial charge in [0.25, 0.3) is 0 Å². The first kappa shape index (κ1) is 6.79. The van der Waals surface area contributed by atoms with Gasteiger partial charge in [-0.15, -0.1) is 0 Å². The van der Waals surface area contributed by atoms with Crippen LogP contribution in [-0.4, -0.2) is 3.92 Å². The molecular formula is CH4Cl3N2+. The number of alkyl halides is 3. The van der Waals surface area contributed by atoms with Crippen LogP contribution in [0.5, 0.6) is 0 Å². The maximum atomic E-state index is 5.07. The van der Waals surface area contributed by atoms with E-state index in [0.29, 0.717) is 0 Å². The summed E-state index contributed by atoms with van der Waals surface area (Å²) in [5.41, 5.74) is 0.984. The molecule has 0 aromatic carbocycles. The Labute approximate surface area is 50.5 Å². The topological polar surface area (TPSA) is 42.6 Å². The van der Waals surface area contributed by atoms with Crippen LogP contribution in [-0.2, 0) is 0 Å². The van der Waals surface area contributed by atoms with E-state index in [1.165, 1.54) is 0 Å². The molecule has 0 spiro atoms. The summed E-state index contributed by atoms with van der Waals surface area (Å²) in [7, 11) is 0. The summed E-state index contributed by atoms with van der Waals surface area (Å²) in [5.74, 6) is 4.78. The van der Waals surface area contributed by atoms with Crippen molar-refractivity contribution in [2.75, 3.05) is 0 Å². The van der Waals surface area contributed by atoms with Crippen LogP contribution in [0.4, 0.5) is 0 Å². The van der Waals surface area contributed by atoms with Gasteiger partial charge in [0.15, 0.2) is 0 Å². The molecule has 0 fully saturated rings. The average Bonchev–Trinajstić information content (AvgIpc) is 1.35. The highest BCUT2D eigenvalue weighted by molar-refractivity contribution is 6.65. The largest absolute Gasteiger partial charge is 0.344 e. The van der Waals surface area contributed by atoms with Crippen LogP contribution in [0.25, 0.3) is 0 Å². The fraction of sp³-hybridized carbons (Fsp3) is 1.00. The number of rotatable bonds is 0. The molecule has 0 aliphatic rings. The Balaban J connectivity index is 3.17. The van der Waals surface area contributed by atoms with Crippen molar-refractivity contribution in [2.24, 2.45) is 5.84 Å². The van der Waals surface area contributed by atoms with E-state index >= 15 is 0 Å². The summed E-state index contributed by atoms with van der Waals surface area (Å²) in [6.07, 6.45) is 0. The lowest BCUT2D eigenvalue weighted by molar-refractivity contribution is -0.679. The third-order valence-electron chi connectivity index (χ3n) is 0.189. The molecule has 0 unspecified atom stereocenters. The Bertz CT molecular complexity index is 38.5. The van der Waals surface area contributed by atoms with Gasteiger partial charge < -0.3 is 0 Å². The van der Waals surface area contributed by atoms with Gasteiger partial charge in [-0.2, -0.15) is 5.84 Å². The summed E-state index contributed by atoms with van der Waals surface area (Å²) >= 11 is 15.2. The molecule has 0 aliphatic heterocycles. The lowest BCUT2D eigenvalue weighted by Gasteiger charge is -1.99. The molecule has 0 aliphatic carbocycles. The summed E-state index contributed by atoms with van der Waals surface area (Å²) in [6.45, 7) is 0. The molecule has 0 saturated carbocycles. The van der Waals surface area contributed by atoms with Crippen molar-refractivity contribution < 1.29 is 5.43 Å². The maximum Gasteiger partial charge on any atom is 0.344 e. The number of hydrogen-bond donors (Lipinski definition) is 2. The fourth-order valence-corrected chi connectivity index (χ4v) is 0. The number of hydrogen-bond acceptors (Lipinski definition) is 1. The molecule has 0 aromatic rings. The number of quaternary nitrogens is 1. The zero-order chi connectivity index (χ0) is 5.21. The zero-order valence-corrected chi connectivity index (χ0v) is 5.06. The average molecular weight is 150 g/mol. The molecule has 0 saturated heterocycles. The Morgan fingerprint density at radius 3 is 1.50 bits per heavy atom. The van der Waals surface area contributed by atoms with E-state index in [-0.39, 0.29) is 0 Å². The second-order valence-electron chi connectivity index (χ2n) is 0.708. The summed E-state index contributed by atoms with van der Waals surface area (Å²) in [4.78, 5) is 0. The standard InChI is InChI=1S/CH3Cl3N2/c2-1(3,4)6-5/h6H,5H2/p+1. The van der Waals surface area contributed by atoms with E-state index in [2.05, 4.69) is 0 Å². The van der Waals surface area contributed by atoms with E-state index in [1.807, 2.05) is 0 Å². The highest BCUT2D eigenvalue weighted by Gasteiger charge is 2.20. The van der Waals surface area contributed by atoms with Crippen molar-refractivity contribution in [3.63, 3.8) is 0 Å². The van der Waals surface area contributed by atoms with Gasteiger partial charge in [0.1, 0.15) is 0 Å². The van der Waals surface area contributed by atoms with E-state index in [4.69, 9.17) is 40.6 Å². The predicted molar refractivity (Wildman–Crippen MR) is 26.4 cm³/mol. The highest BCUT2D eigenvalue weighted by Crippen LogP contribution is 2.14.